The van der Waals surface area contributed by atoms with Crippen LogP contribution in [0.25, 0.3) is 0 Å². The Morgan fingerprint density at radius 1 is 1.29 bits per heavy atom. The van der Waals surface area contributed by atoms with Crippen LogP contribution in [0.3, 0.4) is 0 Å². The molecule has 5 rings (SSSR count). The Balaban J connectivity index is 1.32. The highest BCUT2D eigenvalue weighted by Crippen LogP contribution is 2.35. The van der Waals surface area contributed by atoms with E-state index >= 15 is 0 Å². The van der Waals surface area contributed by atoms with Gasteiger partial charge in [0, 0.05) is 43.0 Å². The van der Waals surface area contributed by atoms with Crippen LogP contribution in [0.2, 0.25) is 0 Å². The second-order valence-electron chi connectivity index (χ2n) is 8.54. The number of amides is 2. The third kappa shape index (κ3) is 4.53. The minimum absolute atomic E-state index is 0.0327. The zero-order chi connectivity index (χ0) is 24.7. The molecule has 9 nitrogen and oxygen atoms in total. The van der Waals surface area contributed by atoms with Gasteiger partial charge in [0.05, 0.1) is 5.69 Å². The first-order chi connectivity index (χ1) is 16.7. The molecule has 0 saturated heterocycles. The van der Waals surface area contributed by atoms with Gasteiger partial charge in [-0.2, -0.15) is 18.3 Å². The number of anilines is 2. The van der Waals surface area contributed by atoms with Gasteiger partial charge in [0.2, 0.25) is 5.88 Å². The molecule has 0 saturated carbocycles. The number of aryl methyl sites for hydroxylation is 1. The molecule has 184 valence electrons. The van der Waals surface area contributed by atoms with Crippen LogP contribution in [0.1, 0.15) is 36.4 Å². The van der Waals surface area contributed by atoms with E-state index in [4.69, 9.17) is 4.74 Å². The van der Waals surface area contributed by atoms with Gasteiger partial charge in [-0.3, -0.25) is 14.9 Å². The summed E-state index contributed by atoms with van der Waals surface area (Å²) in [7, 11) is 0. The standard InChI is InChI=1S/C23H24F3N7O2/c1-3-33-19(23(24,25)26)10-20(31-33)30-22(34)32-7-6-14-9-15(4-5-18(14)32)35-21-16-8-13(2)27-11-17(16)28-12-29-21/h4-5,9-10,12-13,27H,3,6-8,11H2,1-2H3,(H,30,31,34)/t13-/m0/s1. The minimum atomic E-state index is -4.56. The summed E-state index contributed by atoms with van der Waals surface area (Å²) in [6.07, 6.45) is -1.73. The summed E-state index contributed by atoms with van der Waals surface area (Å²) in [4.78, 5) is 23.0. The minimum Gasteiger partial charge on any atom is -0.439 e. The van der Waals surface area contributed by atoms with E-state index in [-0.39, 0.29) is 12.4 Å². The van der Waals surface area contributed by atoms with Crippen LogP contribution >= 0.6 is 0 Å². The fraction of sp³-hybridized carbons (Fsp3) is 0.391. The summed E-state index contributed by atoms with van der Waals surface area (Å²) < 4.78 is 46.5. The molecule has 2 aliphatic rings. The molecule has 3 aromatic rings. The molecule has 0 radical (unpaired) electrons. The van der Waals surface area contributed by atoms with E-state index in [0.29, 0.717) is 42.9 Å². The predicted octanol–water partition coefficient (Wildman–Crippen LogP) is 4.13. The molecular formula is C23H24F3N7O2. The molecule has 35 heavy (non-hydrogen) atoms. The lowest BCUT2D eigenvalue weighted by molar-refractivity contribution is -0.144. The molecule has 1 aromatic carbocycles. The fourth-order valence-corrected chi connectivity index (χ4v) is 4.41. The van der Waals surface area contributed by atoms with E-state index in [9.17, 15) is 18.0 Å². The van der Waals surface area contributed by atoms with E-state index in [1.165, 1.54) is 11.2 Å². The highest BCUT2D eigenvalue weighted by Gasteiger charge is 2.36. The van der Waals surface area contributed by atoms with Gasteiger partial charge in [0.15, 0.2) is 5.82 Å². The molecule has 1 atom stereocenters. The van der Waals surface area contributed by atoms with Crippen LogP contribution in [0.4, 0.5) is 29.5 Å². The van der Waals surface area contributed by atoms with Crippen LogP contribution in [0, 0.1) is 0 Å². The van der Waals surface area contributed by atoms with Gasteiger partial charge in [-0.25, -0.2) is 14.8 Å². The molecule has 2 amide bonds. The number of aromatic nitrogens is 4. The maximum atomic E-state index is 13.2. The van der Waals surface area contributed by atoms with Gasteiger partial charge in [-0.1, -0.05) is 0 Å². The highest BCUT2D eigenvalue weighted by molar-refractivity contribution is 6.02. The second kappa shape index (κ2) is 8.84. The summed E-state index contributed by atoms with van der Waals surface area (Å²) >= 11 is 0. The summed E-state index contributed by atoms with van der Waals surface area (Å²) in [5, 5.41) is 9.71. The summed E-state index contributed by atoms with van der Waals surface area (Å²) in [6, 6.07) is 5.96. The Labute approximate surface area is 199 Å². The maximum absolute atomic E-state index is 13.2. The van der Waals surface area contributed by atoms with Crippen molar-refractivity contribution in [2.24, 2.45) is 0 Å². The average Bonchev–Trinajstić information content (AvgIpc) is 3.43. The normalized spacial score (nSPS) is 17.2. The van der Waals surface area contributed by atoms with Crippen molar-refractivity contribution in [3.63, 3.8) is 0 Å². The largest absolute Gasteiger partial charge is 0.439 e. The number of benzene rings is 1. The van der Waals surface area contributed by atoms with Gasteiger partial charge in [0.1, 0.15) is 17.8 Å². The first kappa shape index (κ1) is 23.1. The Bertz CT molecular complexity index is 1270. The lowest BCUT2D eigenvalue weighted by Crippen LogP contribution is -2.33. The number of carbonyl (C=O) groups excluding carboxylic acids is 1. The number of nitrogens with zero attached hydrogens (tertiary/aromatic N) is 5. The maximum Gasteiger partial charge on any atom is 0.433 e. The SMILES string of the molecule is CCn1nc(NC(=O)N2CCc3cc(Oc4ncnc5c4C[C@H](C)NC5)ccc32)cc1C(F)(F)F. The van der Waals surface area contributed by atoms with E-state index in [0.717, 1.165) is 34.0 Å². The molecule has 2 N–H and O–H groups in total. The summed E-state index contributed by atoms with van der Waals surface area (Å²) in [5.41, 5.74) is 2.55. The third-order valence-electron chi connectivity index (χ3n) is 6.13. The lowest BCUT2D eigenvalue weighted by atomic mass is 10.0. The summed E-state index contributed by atoms with van der Waals surface area (Å²) in [5.74, 6) is 0.965. The van der Waals surface area contributed by atoms with Gasteiger partial charge >= 0.3 is 12.2 Å². The fourth-order valence-electron chi connectivity index (χ4n) is 4.41. The topological polar surface area (TPSA) is 97.2 Å². The smallest absolute Gasteiger partial charge is 0.433 e. The first-order valence-electron chi connectivity index (χ1n) is 11.3. The summed E-state index contributed by atoms with van der Waals surface area (Å²) in [6.45, 7) is 4.72. The van der Waals surface area contributed by atoms with Crippen molar-refractivity contribution in [2.45, 2.75) is 52.0 Å². The van der Waals surface area contributed by atoms with Gasteiger partial charge in [-0.05, 0) is 50.5 Å². The van der Waals surface area contributed by atoms with Crippen LogP contribution in [-0.2, 0) is 32.1 Å². The third-order valence-corrected chi connectivity index (χ3v) is 6.13. The monoisotopic (exact) mass is 487 g/mol. The van der Waals surface area contributed by atoms with Crippen LogP contribution in [0.5, 0.6) is 11.6 Å². The van der Waals surface area contributed by atoms with Crippen molar-refractivity contribution in [3.05, 3.63) is 53.1 Å². The number of hydrogen-bond donors (Lipinski definition) is 2. The highest BCUT2D eigenvalue weighted by atomic mass is 19.4. The molecule has 0 fully saturated rings. The molecule has 0 spiro atoms. The number of urea groups is 1. The van der Waals surface area contributed by atoms with Crippen molar-refractivity contribution in [1.29, 1.82) is 0 Å². The van der Waals surface area contributed by atoms with Crippen molar-refractivity contribution in [2.75, 3.05) is 16.8 Å². The number of ether oxygens (including phenoxy) is 1. The Morgan fingerprint density at radius 3 is 2.86 bits per heavy atom. The quantitative estimate of drug-likeness (QED) is 0.574. The second-order valence-corrected chi connectivity index (χ2v) is 8.54. The van der Waals surface area contributed by atoms with Gasteiger partial charge < -0.3 is 10.1 Å². The zero-order valence-electron chi connectivity index (χ0n) is 19.2. The van der Waals surface area contributed by atoms with E-state index in [1.54, 1.807) is 19.1 Å². The molecule has 4 heterocycles. The number of halogens is 3. The average molecular weight is 487 g/mol. The molecular weight excluding hydrogens is 463 g/mol. The number of rotatable bonds is 4. The van der Waals surface area contributed by atoms with E-state index in [1.807, 2.05) is 6.07 Å². The Hall–Kier alpha value is -3.67. The number of carbonyl (C=O) groups is 1. The number of hydrogen-bond acceptors (Lipinski definition) is 6. The molecule has 12 heteroatoms. The number of fused-ring (bicyclic) bond motifs is 2. The van der Waals surface area contributed by atoms with Crippen LogP contribution < -0.4 is 20.3 Å². The van der Waals surface area contributed by atoms with Crippen molar-refractivity contribution < 1.29 is 22.7 Å². The van der Waals surface area contributed by atoms with Crippen molar-refractivity contribution in [3.8, 4) is 11.6 Å². The number of alkyl halides is 3. The van der Waals surface area contributed by atoms with Gasteiger partial charge in [-0.15, -0.1) is 0 Å². The first-order valence-corrected chi connectivity index (χ1v) is 11.3. The molecule has 0 aliphatic carbocycles. The van der Waals surface area contributed by atoms with Crippen molar-refractivity contribution >= 4 is 17.5 Å². The molecule has 0 unspecified atom stereocenters. The van der Waals surface area contributed by atoms with Crippen molar-refractivity contribution in [1.82, 2.24) is 25.1 Å². The molecule has 2 aromatic heterocycles. The van der Waals surface area contributed by atoms with Gasteiger partial charge in [0.25, 0.3) is 0 Å². The lowest BCUT2D eigenvalue weighted by Gasteiger charge is -2.23. The van der Waals surface area contributed by atoms with Crippen LogP contribution in [-0.4, -0.2) is 38.4 Å². The zero-order valence-corrected chi connectivity index (χ0v) is 19.2. The molecule has 0 bridgehead atoms. The number of nitrogens with one attached hydrogen (secondary N) is 2. The van der Waals surface area contributed by atoms with Crippen LogP contribution in [0.15, 0.2) is 30.6 Å². The molecule has 2 aliphatic heterocycles. The van der Waals surface area contributed by atoms with E-state index in [2.05, 4.69) is 32.6 Å². The predicted molar refractivity (Wildman–Crippen MR) is 122 cm³/mol. The Morgan fingerprint density at radius 2 is 2.11 bits per heavy atom. The van der Waals surface area contributed by atoms with E-state index < -0.39 is 17.9 Å². The Kier molecular flexibility index (Phi) is 5.83.